The van der Waals surface area contributed by atoms with E-state index in [1.54, 1.807) is 0 Å². The molecule has 7 heteroatoms. The van der Waals surface area contributed by atoms with Crippen LogP contribution >= 0.6 is 12.4 Å². The molecule has 1 amide bonds. The molecule has 2 aromatic heterocycles. The third-order valence-electron chi connectivity index (χ3n) is 4.39. The monoisotopic (exact) mass is 380 g/mol. The number of nitrogens with zero attached hydrogens (tertiary/aromatic N) is 2. The molecular weight excluding hydrogens is 352 g/mol. The van der Waals surface area contributed by atoms with Crippen LogP contribution in [0, 0.1) is 5.41 Å². The number of carbonyl (C=O) groups is 1. The van der Waals surface area contributed by atoms with Crippen LogP contribution in [-0.4, -0.2) is 29.1 Å². The van der Waals surface area contributed by atoms with E-state index in [0.29, 0.717) is 30.3 Å². The SMILES string of the molecule is CC(C)(C)Cc1noc2nc(C3CC3)cc(C(=O)NCCCCN)c12.Cl. The van der Waals surface area contributed by atoms with Crippen molar-refractivity contribution >= 4 is 29.4 Å². The lowest BCUT2D eigenvalue weighted by Gasteiger charge is -2.16. The van der Waals surface area contributed by atoms with Gasteiger partial charge in [0.25, 0.3) is 11.6 Å². The number of hydrogen-bond acceptors (Lipinski definition) is 5. The minimum Gasteiger partial charge on any atom is -0.352 e. The highest BCUT2D eigenvalue weighted by Crippen LogP contribution is 2.40. The number of hydrogen-bond donors (Lipinski definition) is 2. The number of amides is 1. The van der Waals surface area contributed by atoms with Crippen molar-refractivity contribution in [1.29, 1.82) is 0 Å². The van der Waals surface area contributed by atoms with E-state index in [0.717, 1.165) is 48.9 Å². The molecule has 2 heterocycles. The Morgan fingerprint density at radius 3 is 2.69 bits per heavy atom. The molecule has 1 fully saturated rings. The Hall–Kier alpha value is -1.66. The number of nitrogens with one attached hydrogen (secondary N) is 1. The van der Waals surface area contributed by atoms with Gasteiger partial charge in [0.15, 0.2) is 0 Å². The fraction of sp³-hybridized carbons (Fsp3) is 0.632. The standard InChI is InChI=1S/C19H28N4O2.ClH/c1-19(2,3)11-15-16-13(17(24)21-9-5-4-8-20)10-14(12-6-7-12)22-18(16)25-23-15;/h10,12H,4-9,11,20H2,1-3H3,(H,21,24);1H. The topological polar surface area (TPSA) is 94.0 Å². The largest absolute Gasteiger partial charge is 0.352 e. The molecule has 0 aliphatic heterocycles. The Morgan fingerprint density at radius 2 is 2.08 bits per heavy atom. The van der Waals surface area contributed by atoms with Gasteiger partial charge in [-0.1, -0.05) is 25.9 Å². The van der Waals surface area contributed by atoms with E-state index in [2.05, 4.69) is 36.2 Å². The summed E-state index contributed by atoms with van der Waals surface area (Å²) in [4.78, 5) is 17.4. The predicted molar refractivity (Wildman–Crippen MR) is 105 cm³/mol. The van der Waals surface area contributed by atoms with Crippen LogP contribution in [-0.2, 0) is 6.42 Å². The molecule has 0 radical (unpaired) electrons. The van der Waals surface area contributed by atoms with Gasteiger partial charge in [0.05, 0.1) is 16.6 Å². The third kappa shape index (κ3) is 4.95. The number of carbonyl (C=O) groups excluding carboxylic acids is 1. The Morgan fingerprint density at radius 1 is 1.35 bits per heavy atom. The molecule has 0 saturated heterocycles. The van der Waals surface area contributed by atoms with Gasteiger partial charge in [0.1, 0.15) is 0 Å². The van der Waals surface area contributed by atoms with Gasteiger partial charge in [0, 0.05) is 18.2 Å². The second kappa shape index (κ2) is 8.35. The zero-order chi connectivity index (χ0) is 18.0. The number of aromatic nitrogens is 2. The number of pyridine rings is 1. The van der Waals surface area contributed by atoms with E-state index in [-0.39, 0.29) is 23.7 Å². The molecular formula is C19H29ClN4O2. The van der Waals surface area contributed by atoms with Gasteiger partial charge in [-0.2, -0.15) is 0 Å². The lowest BCUT2D eigenvalue weighted by atomic mass is 9.89. The van der Waals surface area contributed by atoms with Crippen molar-refractivity contribution < 1.29 is 9.32 Å². The first-order valence-corrected chi connectivity index (χ1v) is 9.16. The lowest BCUT2D eigenvalue weighted by molar-refractivity contribution is 0.0954. The summed E-state index contributed by atoms with van der Waals surface area (Å²) in [6, 6.07) is 1.93. The van der Waals surface area contributed by atoms with Crippen molar-refractivity contribution in [3.05, 3.63) is 23.0 Å². The fourth-order valence-electron chi connectivity index (χ4n) is 2.99. The average molecular weight is 381 g/mol. The van der Waals surface area contributed by atoms with Crippen LogP contribution in [0.2, 0.25) is 0 Å². The molecule has 144 valence electrons. The predicted octanol–water partition coefficient (Wildman–Crippen LogP) is 3.58. The maximum absolute atomic E-state index is 12.8. The molecule has 0 spiro atoms. The zero-order valence-electron chi connectivity index (χ0n) is 15.8. The maximum atomic E-state index is 12.8. The molecule has 0 unspecified atom stereocenters. The highest BCUT2D eigenvalue weighted by molar-refractivity contribution is 6.06. The first kappa shape index (κ1) is 20.6. The zero-order valence-corrected chi connectivity index (χ0v) is 16.6. The highest BCUT2D eigenvalue weighted by Gasteiger charge is 2.29. The summed E-state index contributed by atoms with van der Waals surface area (Å²) in [7, 11) is 0. The molecule has 3 N–H and O–H groups in total. The third-order valence-corrected chi connectivity index (χ3v) is 4.39. The van der Waals surface area contributed by atoms with Crippen molar-refractivity contribution in [2.75, 3.05) is 13.1 Å². The Balaban J connectivity index is 0.00000243. The highest BCUT2D eigenvalue weighted by atomic mass is 35.5. The fourth-order valence-corrected chi connectivity index (χ4v) is 2.99. The minimum atomic E-state index is -0.0790. The Labute approximate surface area is 160 Å². The van der Waals surface area contributed by atoms with Crippen LogP contribution < -0.4 is 11.1 Å². The minimum absolute atomic E-state index is 0. The van der Waals surface area contributed by atoms with Gasteiger partial charge in [-0.3, -0.25) is 4.79 Å². The van der Waals surface area contributed by atoms with Crippen LogP contribution in [0.15, 0.2) is 10.6 Å². The average Bonchev–Trinajstić information content (AvgIpc) is 3.32. The van der Waals surface area contributed by atoms with Gasteiger partial charge in [-0.05, 0) is 50.1 Å². The van der Waals surface area contributed by atoms with E-state index in [4.69, 9.17) is 10.3 Å². The van der Waals surface area contributed by atoms with E-state index >= 15 is 0 Å². The number of halogens is 1. The van der Waals surface area contributed by atoms with Crippen LogP contribution in [0.3, 0.4) is 0 Å². The van der Waals surface area contributed by atoms with Crippen molar-refractivity contribution in [2.24, 2.45) is 11.1 Å². The van der Waals surface area contributed by atoms with Crippen molar-refractivity contribution in [2.45, 2.75) is 58.8 Å². The number of unbranched alkanes of at least 4 members (excludes halogenated alkanes) is 1. The summed E-state index contributed by atoms with van der Waals surface area (Å²) < 4.78 is 5.49. The van der Waals surface area contributed by atoms with Crippen molar-refractivity contribution in [1.82, 2.24) is 15.5 Å². The molecule has 6 nitrogen and oxygen atoms in total. The molecule has 0 aromatic carbocycles. The molecule has 26 heavy (non-hydrogen) atoms. The molecule has 3 rings (SSSR count). The molecule has 1 aliphatic carbocycles. The second-order valence-corrected chi connectivity index (χ2v) is 8.17. The number of nitrogens with two attached hydrogens (primary N) is 1. The molecule has 1 saturated carbocycles. The summed E-state index contributed by atoms with van der Waals surface area (Å²) in [6.45, 7) is 7.70. The quantitative estimate of drug-likeness (QED) is 0.716. The van der Waals surface area contributed by atoms with Gasteiger partial charge in [-0.15, -0.1) is 12.4 Å². The first-order chi connectivity index (χ1) is 11.9. The summed E-state index contributed by atoms with van der Waals surface area (Å²) >= 11 is 0. The van der Waals surface area contributed by atoms with Crippen LogP contribution in [0.1, 0.15) is 74.1 Å². The van der Waals surface area contributed by atoms with E-state index in [1.807, 2.05) is 6.07 Å². The second-order valence-electron chi connectivity index (χ2n) is 8.17. The number of fused-ring (bicyclic) bond motifs is 1. The van der Waals surface area contributed by atoms with E-state index < -0.39 is 0 Å². The summed E-state index contributed by atoms with van der Waals surface area (Å²) in [5, 5.41) is 7.98. The lowest BCUT2D eigenvalue weighted by Crippen LogP contribution is -2.25. The first-order valence-electron chi connectivity index (χ1n) is 9.16. The van der Waals surface area contributed by atoms with E-state index in [1.165, 1.54) is 0 Å². The molecule has 0 atom stereocenters. The van der Waals surface area contributed by atoms with Crippen LogP contribution in [0.25, 0.3) is 11.1 Å². The molecule has 0 bridgehead atoms. The molecule has 1 aliphatic rings. The van der Waals surface area contributed by atoms with Crippen LogP contribution in [0.5, 0.6) is 0 Å². The van der Waals surface area contributed by atoms with Crippen molar-refractivity contribution in [3.63, 3.8) is 0 Å². The Kier molecular flexibility index (Phi) is 6.64. The Bertz CT molecular complexity index is 763. The molecule has 2 aromatic rings. The van der Waals surface area contributed by atoms with Crippen molar-refractivity contribution in [3.8, 4) is 0 Å². The van der Waals surface area contributed by atoms with Gasteiger partial charge in [-0.25, -0.2) is 4.98 Å². The summed E-state index contributed by atoms with van der Waals surface area (Å²) in [5.41, 5.74) is 8.44. The van der Waals surface area contributed by atoms with Gasteiger partial charge >= 0.3 is 0 Å². The smallest absolute Gasteiger partial charge is 0.259 e. The van der Waals surface area contributed by atoms with Gasteiger partial charge < -0.3 is 15.6 Å². The summed E-state index contributed by atoms with van der Waals surface area (Å²) in [6.07, 6.45) is 4.77. The van der Waals surface area contributed by atoms with E-state index in [9.17, 15) is 4.79 Å². The van der Waals surface area contributed by atoms with Crippen LogP contribution in [0.4, 0.5) is 0 Å². The maximum Gasteiger partial charge on any atom is 0.259 e. The normalized spacial score (nSPS) is 14.3. The summed E-state index contributed by atoms with van der Waals surface area (Å²) in [5.74, 6) is 0.369. The number of rotatable bonds is 7. The van der Waals surface area contributed by atoms with Gasteiger partial charge in [0.2, 0.25) is 0 Å².